The molecule has 4 heterocycles. The standard InChI is InChI=1S/C30H37FN6O4S/c1-17(2)41-30-25-26-23(14-20(15-34-26)27(18(3)32)36(4)33)37(29(25)24(16-35-30)42(5,38)39)28(19-10-12-40-13-11-19)21-8-6-7-9-22(21)31/h6-9,14-17,19,28H,10-13,32-33H2,1-5H3/b27-18-/t28-/m0/s1. The van der Waals surface area contributed by atoms with Crippen LogP contribution in [0, 0.1) is 11.7 Å². The van der Waals surface area contributed by atoms with Crippen molar-refractivity contribution in [3.8, 4) is 5.88 Å². The van der Waals surface area contributed by atoms with Gasteiger partial charge in [0.05, 0.1) is 40.5 Å². The van der Waals surface area contributed by atoms with Gasteiger partial charge in [-0.05, 0) is 51.7 Å². The third-order valence-electron chi connectivity index (χ3n) is 7.55. The maximum absolute atomic E-state index is 15.7. The largest absolute Gasteiger partial charge is 0.474 e. The van der Waals surface area contributed by atoms with Gasteiger partial charge in [0, 0.05) is 49.5 Å². The average molecular weight is 597 g/mol. The van der Waals surface area contributed by atoms with E-state index in [9.17, 15) is 8.42 Å². The molecule has 42 heavy (non-hydrogen) atoms. The van der Waals surface area contributed by atoms with E-state index in [-0.39, 0.29) is 28.6 Å². The minimum absolute atomic E-state index is 0.00303. The Labute approximate surface area is 245 Å². The Morgan fingerprint density at radius 1 is 1.19 bits per heavy atom. The minimum atomic E-state index is -3.80. The topological polar surface area (TPSA) is 139 Å². The fourth-order valence-corrected chi connectivity index (χ4v) is 6.73. The van der Waals surface area contributed by atoms with Gasteiger partial charge in [-0.3, -0.25) is 4.98 Å². The number of halogens is 1. The molecule has 1 aromatic carbocycles. The SMILES string of the molecule is C/C(N)=C(\c1cnc2c3c(OC(C)C)ncc(S(C)(=O)=O)c3n([C@H](c3ccccc3F)C3CCOCC3)c2c1)N(C)N. The summed E-state index contributed by atoms with van der Waals surface area (Å²) in [7, 11) is -2.12. The zero-order valence-electron chi connectivity index (χ0n) is 24.5. The van der Waals surface area contributed by atoms with Gasteiger partial charge < -0.3 is 24.8 Å². The van der Waals surface area contributed by atoms with Crippen LogP contribution in [0.25, 0.3) is 27.6 Å². The van der Waals surface area contributed by atoms with Gasteiger partial charge in [0.15, 0.2) is 9.84 Å². The molecule has 12 heteroatoms. The number of aromatic nitrogens is 3. The number of pyridine rings is 2. The summed E-state index contributed by atoms with van der Waals surface area (Å²) in [5.41, 5.74) is 9.73. The number of sulfone groups is 1. The van der Waals surface area contributed by atoms with Crippen LogP contribution in [0.4, 0.5) is 4.39 Å². The highest BCUT2D eigenvalue weighted by molar-refractivity contribution is 7.91. The van der Waals surface area contributed by atoms with Gasteiger partial charge in [0.2, 0.25) is 5.88 Å². The number of nitrogens with two attached hydrogens (primary N) is 2. The summed E-state index contributed by atoms with van der Waals surface area (Å²) in [6, 6.07) is 7.88. The number of fused-ring (bicyclic) bond motifs is 3. The van der Waals surface area contributed by atoms with Crippen LogP contribution in [0.5, 0.6) is 5.88 Å². The monoisotopic (exact) mass is 596 g/mol. The van der Waals surface area contributed by atoms with E-state index in [1.165, 1.54) is 17.3 Å². The second-order valence-electron chi connectivity index (χ2n) is 11.1. The van der Waals surface area contributed by atoms with Gasteiger partial charge in [-0.1, -0.05) is 18.2 Å². The maximum atomic E-state index is 15.7. The first-order valence-corrected chi connectivity index (χ1v) is 15.8. The van der Waals surface area contributed by atoms with E-state index >= 15 is 4.39 Å². The molecule has 0 spiro atoms. The first-order chi connectivity index (χ1) is 19.9. The Morgan fingerprint density at radius 2 is 1.88 bits per heavy atom. The Kier molecular flexibility index (Phi) is 8.15. The lowest BCUT2D eigenvalue weighted by Gasteiger charge is -2.33. The van der Waals surface area contributed by atoms with E-state index in [1.54, 1.807) is 38.4 Å². The molecule has 0 radical (unpaired) electrons. The van der Waals surface area contributed by atoms with Crippen LogP contribution in [0.2, 0.25) is 0 Å². The Hall–Kier alpha value is -3.74. The van der Waals surface area contributed by atoms with Crippen molar-refractivity contribution in [2.45, 2.75) is 50.7 Å². The molecule has 0 saturated carbocycles. The predicted molar refractivity (Wildman–Crippen MR) is 161 cm³/mol. The van der Waals surface area contributed by atoms with Gasteiger partial charge in [-0.2, -0.15) is 0 Å². The number of hydrogen-bond acceptors (Lipinski definition) is 9. The summed E-state index contributed by atoms with van der Waals surface area (Å²) in [4.78, 5) is 9.27. The van der Waals surface area contributed by atoms with Crippen molar-refractivity contribution in [2.24, 2.45) is 17.5 Å². The number of hydrazine groups is 1. The lowest BCUT2D eigenvalue weighted by molar-refractivity contribution is 0.0548. The van der Waals surface area contributed by atoms with Crippen LogP contribution in [0.15, 0.2) is 53.3 Å². The van der Waals surface area contributed by atoms with Crippen LogP contribution in [-0.4, -0.2) is 60.6 Å². The van der Waals surface area contributed by atoms with E-state index < -0.39 is 15.9 Å². The quantitative estimate of drug-likeness (QED) is 0.224. The van der Waals surface area contributed by atoms with Crippen molar-refractivity contribution < 1.29 is 22.3 Å². The second-order valence-corrected chi connectivity index (χ2v) is 13.1. The molecule has 5 rings (SSSR count). The third kappa shape index (κ3) is 5.41. The lowest BCUT2D eigenvalue weighted by atomic mass is 9.86. The molecule has 4 aromatic rings. The number of hydrogen-bond donors (Lipinski definition) is 2. The highest BCUT2D eigenvalue weighted by Gasteiger charge is 2.35. The van der Waals surface area contributed by atoms with Gasteiger partial charge in [0.1, 0.15) is 16.2 Å². The highest BCUT2D eigenvalue weighted by Crippen LogP contribution is 2.45. The third-order valence-corrected chi connectivity index (χ3v) is 8.65. The van der Waals surface area contributed by atoms with Gasteiger partial charge in [-0.25, -0.2) is 23.6 Å². The smallest absolute Gasteiger partial charge is 0.225 e. The summed E-state index contributed by atoms with van der Waals surface area (Å²) < 4.78 is 56.0. The van der Waals surface area contributed by atoms with Crippen LogP contribution >= 0.6 is 0 Å². The number of nitrogens with zero attached hydrogens (tertiary/aromatic N) is 4. The van der Waals surface area contributed by atoms with Crippen molar-refractivity contribution in [1.29, 1.82) is 0 Å². The molecule has 1 fully saturated rings. The Bertz CT molecular complexity index is 1770. The Balaban J connectivity index is 2.01. The van der Waals surface area contributed by atoms with E-state index in [0.717, 1.165) is 6.26 Å². The summed E-state index contributed by atoms with van der Waals surface area (Å²) >= 11 is 0. The molecule has 1 atom stereocenters. The van der Waals surface area contributed by atoms with Crippen LogP contribution in [0.3, 0.4) is 0 Å². The van der Waals surface area contributed by atoms with E-state index in [4.69, 9.17) is 26.0 Å². The number of benzene rings is 1. The molecule has 3 aromatic heterocycles. The fourth-order valence-electron chi connectivity index (χ4n) is 5.93. The van der Waals surface area contributed by atoms with E-state index in [2.05, 4.69) is 4.98 Å². The van der Waals surface area contributed by atoms with E-state index in [1.807, 2.05) is 24.5 Å². The van der Waals surface area contributed by atoms with E-state index in [0.29, 0.717) is 70.5 Å². The first-order valence-electron chi connectivity index (χ1n) is 13.9. The fraction of sp³-hybridized carbons (Fsp3) is 0.400. The molecule has 224 valence electrons. The van der Waals surface area contributed by atoms with Gasteiger partial charge in [-0.15, -0.1) is 0 Å². The van der Waals surface area contributed by atoms with Crippen molar-refractivity contribution in [3.05, 3.63) is 65.4 Å². The zero-order chi connectivity index (χ0) is 30.3. The second kappa shape index (κ2) is 11.5. The molecule has 4 N–H and O–H groups in total. The van der Waals surface area contributed by atoms with Crippen LogP contribution in [-0.2, 0) is 14.6 Å². The Morgan fingerprint density at radius 3 is 2.48 bits per heavy atom. The molecule has 0 amide bonds. The van der Waals surface area contributed by atoms with Crippen molar-refractivity contribution in [1.82, 2.24) is 19.5 Å². The van der Waals surface area contributed by atoms with Crippen molar-refractivity contribution in [2.75, 3.05) is 26.5 Å². The molecular weight excluding hydrogens is 559 g/mol. The van der Waals surface area contributed by atoms with Crippen LogP contribution in [0.1, 0.15) is 50.8 Å². The summed E-state index contributed by atoms with van der Waals surface area (Å²) in [6.45, 7) is 6.49. The predicted octanol–water partition coefficient (Wildman–Crippen LogP) is 4.38. The summed E-state index contributed by atoms with van der Waals surface area (Å²) in [5.74, 6) is 5.95. The minimum Gasteiger partial charge on any atom is -0.474 e. The number of ether oxygens (including phenoxy) is 2. The summed E-state index contributed by atoms with van der Waals surface area (Å²) in [5, 5.41) is 1.85. The maximum Gasteiger partial charge on any atom is 0.225 e. The summed E-state index contributed by atoms with van der Waals surface area (Å²) in [6.07, 6.45) is 5.15. The molecule has 0 aliphatic carbocycles. The molecule has 1 aliphatic rings. The first kappa shape index (κ1) is 29.7. The molecule has 0 bridgehead atoms. The lowest BCUT2D eigenvalue weighted by Crippen LogP contribution is -2.28. The van der Waals surface area contributed by atoms with Crippen LogP contribution < -0.4 is 16.3 Å². The van der Waals surface area contributed by atoms with Gasteiger partial charge >= 0.3 is 0 Å². The normalized spacial score (nSPS) is 16.2. The number of rotatable bonds is 8. The highest BCUT2D eigenvalue weighted by atomic mass is 32.2. The zero-order valence-corrected chi connectivity index (χ0v) is 25.3. The number of allylic oxidation sites excluding steroid dienone is 1. The molecule has 1 aliphatic heterocycles. The van der Waals surface area contributed by atoms with Crippen molar-refractivity contribution >= 4 is 37.5 Å². The molecule has 0 unspecified atom stereocenters. The average Bonchev–Trinajstić information content (AvgIpc) is 3.24. The molecule has 1 saturated heterocycles. The van der Waals surface area contributed by atoms with Gasteiger partial charge in [0.25, 0.3) is 0 Å². The van der Waals surface area contributed by atoms with Crippen molar-refractivity contribution in [3.63, 3.8) is 0 Å². The molecule has 10 nitrogen and oxygen atoms in total. The molecular formula is C30H37FN6O4S.